The average molecular weight is 353 g/mol. The molecule has 0 saturated heterocycles. The van der Waals surface area contributed by atoms with Crippen molar-refractivity contribution in [1.29, 1.82) is 0 Å². The highest BCUT2D eigenvalue weighted by Crippen LogP contribution is 2.23. The van der Waals surface area contributed by atoms with Crippen molar-refractivity contribution in [3.05, 3.63) is 102 Å². The fourth-order valence-electron chi connectivity index (χ4n) is 3.02. The predicted octanol–water partition coefficient (Wildman–Crippen LogP) is 4.42. The van der Waals surface area contributed by atoms with E-state index in [1.54, 1.807) is 6.20 Å². The molecule has 4 rings (SSSR count). The van der Waals surface area contributed by atoms with Crippen molar-refractivity contribution >= 4 is 28.6 Å². The third kappa shape index (κ3) is 3.80. The number of carbonyl (C=O) groups excluding carboxylic acids is 1. The molecule has 0 aliphatic carbocycles. The molecule has 0 saturated carbocycles. The molecule has 2 N–H and O–H groups in total. The van der Waals surface area contributed by atoms with E-state index in [9.17, 15) is 4.79 Å². The number of carbonyl (C=O) groups is 1. The van der Waals surface area contributed by atoms with Crippen LogP contribution in [-0.2, 0) is 11.3 Å². The Bertz CT molecular complexity index is 1080. The molecule has 1 amide bonds. The van der Waals surface area contributed by atoms with Crippen LogP contribution in [0.25, 0.3) is 22.7 Å². The zero-order valence-electron chi connectivity index (χ0n) is 14.7. The van der Waals surface area contributed by atoms with E-state index >= 15 is 0 Å². The van der Waals surface area contributed by atoms with Gasteiger partial charge in [0.05, 0.1) is 0 Å². The quantitative estimate of drug-likeness (QED) is 0.522. The van der Waals surface area contributed by atoms with Crippen LogP contribution < -0.4 is 5.32 Å². The Morgan fingerprint density at radius 2 is 1.70 bits per heavy atom. The first-order valence-corrected chi connectivity index (χ1v) is 8.82. The Kier molecular flexibility index (Phi) is 4.79. The van der Waals surface area contributed by atoms with E-state index < -0.39 is 0 Å². The first-order valence-electron chi connectivity index (χ1n) is 8.82. The maximum absolute atomic E-state index is 13.0. The van der Waals surface area contributed by atoms with Crippen molar-refractivity contribution in [2.24, 2.45) is 0 Å². The Morgan fingerprint density at radius 3 is 2.48 bits per heavy atom. The van der Waals surface area contributed by atoms with Crippen LogP contribution in [0.15, 0.2) is 85.2 Å². The molecule has 0 spiro atoms. The van der Waals surface area contributed by atoms with E-state index in [0.717, 1.165) is 27.7 Å². The minimum Gasteiger partial charge on any atom is -0.348 e. The topological polar surface area (TPSA) is 57.8 Å². The molecular weight excluding hydrogens is 334 g/mol. The van der Waals surface area contributed by atoms with Crippen LogP contribution in [0.3, 0.4) is 0 Å². The van der Waals surface area contributed by atoms with Crippen molar-refractivity contribution < 1.29 is 4.79 Å². The number of amides is 1. The number of benzene rings is 2. The number of hydrogen-bond acceptors (Lipinski definition) is 2. The fraction of sp³-hybridized carbons (Fsp3) is 0.0435. The Labute approximate surface area is 157 Å². The molecule has 0 radical (unpaired) electrons. The van der Waals surface area contributed by atoms with Gasteiger partial charge in [-0.3, -0.25) is 4.79 Å². The number of hydrogen-bond donors (Lipinski definition) is 2. The molecule has 0 aliphatic heterocycles. The molecule has 2 aromatic heterocycles. The summed E-state index contributed by atoms with van der Waals surface area (Å²) in [5, 5.41) is 4.01. The molecule has 4 nitrogen and oxygen atoms in total. The van der Waals surface area contributed by atoms with Gasteiger partial charge >= 0.3 is 0 Å². The molecule has 0 atom stereocenters. The lowest BCUT2D eigenvalue weighted by Crippen LogP contribution is -2.23. The van der Waals surface area contributed by atoms with Crippen LogP contribution >= 0.6 is 0 Å². The number of pyridine rings is 1. The lowest BCUT2D eigenvalue weighted by atomic mass is 10.0. The summed E-state index contributed by atoms with van der Waals surface area (Å²) in [4.78, 5) is 20.4. The summed E-state index contributed by atoms with van der Waals surface area (Å²) >= 11 is 0. The zero-order chi connectivity index (χ0) is 18.5. The molecule has 0 aliphatic rings. The zero-order valence-corrected chi connectivity index (χ0v) is 14.7. The smallest absolute Gasteiger partial charge is 0.252 e. The van der Waals surface area contributed by atoms with Gasteiger partial charge in [-0.15, -0.1) is 0 Å². The maximum atomic E-state index is 13.0. The lowest BCUT2D eigenvalue weighted by Gasteiger charge is -2.10. The van der Waals surface area contributed by atoms with E-state index in [2.05, 4.69) is 15.3 Å². The minimum atomic E-state index is -0.108. The van der Waals surface area contributed by atoms with Gasteiger partial charge in [0, 0.05) is 35.5 Å². The van der Waals surface area contributed by atoms with Gasteiger partial charge in [-0.1, -0.05) is 60.7 Å². The second kappa shape index (κ2) is 7.70. The lowest BCUT2D eigenvalue weighted by molar-refractivity contribution is -0.115. The van der Waals surface area contributed by atoms with E-state index in [1.165, 1.54) is 0 Å². The first kappa shape index (κ1) is 16.8. The summed E-state index contributed by atoms with van der Waals surface area (Å²) in [6.07, 6.45) is 5.54. The minimum absolute atomic E-state index is 0.108. The third-order valence-electron chi connectivity index (χ3n) is 4.41. The summed E-state index contributed by atoms with van der Waals surface area (Å²) in [5.41, 5.74) is 4.31. The van der Waals surface area contributed by atoms with Crippen LogP contribution in [0, 0.1) is 0 Å². The second-order valence-corrected chi connectivity index (χ2v) is 6.24. The van der Waals surface area contributed by atoms with Crippen LogP contribution in [0.2, 0.25) is 0 Å². The number of nitrogens with zero attached hydrogens (tertiary/aromatic N) is 1. The summed E-state index contributed by atoms with van der Waals surface area (Å²) in [6, 6.07) is 23.5. The summed E-state index contributed by atoms with van der Waals surface area (Å²) in [6.45, 7) is 0.485. The summed E-state index contributed by atoms with van der Waals surface area (Å²) in [5.74, 6) is -0.108. The van der Waals surface area contributed by atoms with E-state index in [4.69, 9.17) is 0 Å². The number of nitrogens with one attached hydrogen (secondary N) is 2. The molecule has 4 heteroatoms. The molecule has 0 bridgehead atoms. The first-order chi connectivity index (χ1) is 13.3. The number of aromatic amines is 1. The van der Waals surface area contributed by atoms with Gasteiger partial charge in [0.1, 0.15) is 5.65 Å². The van der Waals surface area contributed by atoms with Crippen molar-refractivity contribution in [2.75, 3.05) is 0 Å². The van der Waals surface area contributed by atoms with E-state index in [0.29, 0.717) is 12.1 Å². The van der Waals surface area contributed by atoms with Gasteiger partial charge in [0.15, 0.2) is 0 Å². The highest BCUT2D eigenvalue weighted by molar-refractivity contribution is 6.24. The monoisotopic (exact) mass is 353 g/mol. The van der Waals surface area contributed by atoms with E-state index in [-0.39, 0.29) is 5.91 Å². The second-order valence-electron chi connectivity index (χ2n) is 6.24. The van der Waals surface area contributed by atoms with Crippen LogP contribution in [0.4, 0.5) is 0 Å². The largest absolute Gasteiger partial charge is 0.348 e. The molecule has 132 valence electrons. The molecule has 0 unspecified atom stereocenters. The number of rotatable bonds is 5. The summed E-state index contributed by atoms with van der Waals surface area (Å²) in [7, 11) is 0. The Morgan fingerprint density at radius 1 is 0.963 bits per heavy atom. The number of fused-ring (bicyclic) bond motifs is 1. The highest BCUT2D eigenvalue weighted by Gasteiger charge is 2.13. The van der Waals surface area contributed by atoms with Crippen LogP contribution in [-0.4, -0.2) is 15.9 Å². The van der Waals surface area contributed by atoms with Crippen molar-refractivity contribution in [3.63, 3.8) is 0 Å². The number of H-pyrrole nitrogens is 1. The maximum Gasteiger partial charge on any atom is 0.252 e. The highest BCUT2D eigenvalue weighted by atomic mass is 16.1. The van der Waals surface area contributed by atoms with Crippen LogP contribution in [0.5, 0.6) is 0 Å². The summed E-state index contributed by atoms with van der Waals surface area (Å²) < 4.78 is 0. The average Bonchev–Trinajstić information content (AvgIpc) is 3.14. The number of aromatic nitrogens is 2. The SMILES string of the molecule is O=C(NCc1ccccc1)/C(=C/c1c[nH]c2ncccc12)c1ccccc1. The van der Waals surface area contributed by atoms with Crippen molar-refractivity contribution in [3.8, 4) is 0 Å². The molecular formula is C23H19N3O. The van der Waals surface area contributed by atoms with Gasteiger partial charge in [-0.25, -0.2) is 4.98 Å². The molecule has 27 heavy (non-hydrogen) atoms. The van der Waals surface area contributed by atoms with Crippen molar-refractivity contribution in [2.45, 2.75) is 6.54 Å². The normalized spacial score (nSPS) is 11.5. The standard InChI is InChI=1S/C23H19N3O/c27-23(26-15-17-8-3-1-4-9-17)21(18-10-5-2-6-11-18)14-19-16-25-22-20(19)12-7-13-24-22/h1-14,16H,15H2,(H,24,25)(H,26,27)/b21-14+. The molecule has 2 heterocycles. The molecule has 0 fully saturated rings. The predicted molar refractivity (Wildman–Crippen MR) is 109 cm³/mol. The van der Waals surface area contributed by atoms with Gasteiger partial charge in [0.2, 0.25) is 0 Å². The third-order valence-corrected chi connectivity index (χ3v) is 4.41. The van der Waals surface area contributed by atoms with Gasteiger partial charge in [-0.05, 0) is 29.3 Å². The van der Waals surface area contributed by atoms with E-state index in [1.807, 2.05) is 85.1 Å². The Balaban J connectivity index is 1.68. The van der Waals surface area contributed by atoms with Gasteiger partial charge in [-0.2, -0.15) is 0 Å². The fourth-order valence-corrected chi connectivity index (χ4v) is 3.02. The van der Waals surface area contributed by atoms with Crippen LogP contribution in [0.1, 0.15) is 16.7 Å². The molecule has 4 aromatic rings. The van der Waals surface area contributed by atoms with Gasteiger partial charge < -0.3 is 10.3 Å². The van der Waals surface area contributed by atoms with Crippen molar-refractivity contribution in [1.82, 2.24) is 15.3 Å². The van der Waals surface area contributed by atoms with Gasteiger partial charge in [0.25, 0.3) is 5.91 Å². The Hall–Kier alpha value is -3.66. The molecule has 2 aromatic carbocycles.